The highest BCUT2D eigenvalue weighted by Crippen LogP contribution is 2.49. The molecule has 3 fully saturated rings. The van der Waals surface area contributed by atoms with Gasteiger partial charge in [-0.2, -0.15) is 0 Å². The van der Waals surface area contributed by atoms with Crippen molar-refractivity contribution in [3.63, 3.8) is 0 Å². The van der Waals surface area contributed by atoms with Gasteiger partial charge in [0.25, 0.3) is 0 Å². The summed E-state index contributed by atoms with van der Waals surface area (Å²) in [7, 11) is 0. The van der Waals surface area contributed by atoms with Crippen LogP contribution in [0.3, 0.4) is 0 Å². The fraction of sp³-hybridized carbons (Fsp3) is 0.500. The van der Waals surface area contributed by atoms with Crippen molar-refractivity contribution in [2.24, 2.45) is 11.8 Å². The highest BCUT2D eigenvalue weighted by molar-refractivity contribution is 6.22. The lowest BCUT2D eigenvalue weighted by Gasteiger charge is -2.17. The van der Waals surface area contributed by atoms with Crippen molar-refractivity contribution >= 4 is 17.5 Å². The minimum Gasteiger partial charge on any atom is -0.373 e. The van der Waals surface area contributed by atoms with Gasteiger partial charge in [-0.3, -0.25) is 9.59 Å². The normalized spacial score (nSPS) is 35.0. The van der Waals surface area contributed by atoms with Gasteiger partial charge in [0.1, 0.15) is 0 Å². The molecule has 0 saturated carbocycles. The van der Waals surface area contributed by atoms with Crippen LogP contribution in [0, 0.1) is 11.8 Å². The number of carbonyl (C=O) groups excluding carboxylic acids is 2. The summed E-state index contributed by atoms with van der Waals surface area (Å²) in [6, 6.07) is 7.71. The molecule has 4 heteroatoms. The number of imide groups is 1. The van der Waals surface area contributed by atoms with Crippen LogP contribution in [0.15, 0.2) is 24.3 Å². The molecule has 0 aliphatic carbocycles. The largest absolute Gasteiger partial charge is 0.373 e. The van der Waals surface area contributed by atoms with E-state index in [4.69, 9.17) is 4.74 Å². The summed E-state index contributed by atoms with van der Waals surface area (Å²) in [4.78, 5) is 26.5. The van der Waals surface area contributed by atoms with Gasteiger partial charge in [-0.25, -0.2) is 4.90 Å². The maximum absolute atomic E-state index is 12.6. The molecule has 2 bridgehead atoms. The quantitative estimate of drug-likeness (QED) is 0.772. The molecule has 0 unspecified atom stereocenters. The third-order valence-corrected chi connectivity index (χ3v) is 4.89. The van der Waals surface area contributed by atoms with Crippen molar-refractivity contribution in [3.8, 4) is 0 Å². The van der Waals surface area contributed by atoms with Crippen LogP contribution in [-0.4, -0.2) is 24.0 Å². The lowest BCUT2D eigenvalue weighted by molar-refractivity contribution is -0.124. The second kappa shape index (κ2) is 4.16. The Morgan fingerprint density at radius 1 is 1.05 bits per heavy atom. The molecule has 2 amide bonds. The monoisotopic (exact) mass is 271 g/mol. The molecule has 4 atom stereocenters. The Balaban J connectivity index is 1.69. The number of anilines is 1. The Bertz CT molecular complexity index is 552. The molecule has 0 spiro atoms. The third-order valence-electron chi connectivity index (χ3n) is 4.89. The first-order valence-electron chi connectivity index (χ1n) is 7.33. The number of hydrogen-bond donors (Lipinski definition) is 0. The van der Waals surface area contributed by atoms with E-state index in [1.54, 1.807) is 0 Å². The van der Waals surface area contributed by atoms with Crippen molar-refractivity contribution < 1.29 is 14.3 Å². The second-order valence-corrected chi connectivity index (χ2v) is 5.87. The standard InChI is InChI=1S/C16H17NO3/c1-2-9-3-5-10(6-4-9)17-15(18)13-11-7-8-12(20-11)14(13)16(17)19/h3-6,11-14H,2,7-8H2,1H3/t11-,12-,13+,14+/m1/s1. The summed E-state index contributed by atoms with van der Waals surface area (Å²) in [5, 5.41) is 0. The topological polar surface area (TPSA) is 46.6 Å². The Labute approximate surface area is 117 Å². The van der Waals surface area contributed by atoms with Crippen LogP contribution in [0.2, 0.25) is 0 Å². The molecule has 4 nitrogen and oxygen atoms in total. The van der Waals surface area contributed by atoms with E-state index >= 15 is 0 Å². The van der Waals surface area contributed by atoms with Gasteiger partial charge in [0, 0.05) is 0 Å². The lowest BCUT2D eigenvalue weighted by atomic mass is 9.81. The van der Waals surface area contributed by atoms with Gasteiger partial charge in [-0.15, -0.1) is 0 Å². The Kier molecular flexibility index (Phi) is 2.51. The maximum Gasteiger partial charge on any atom is 0.240 e. The third kappa shape index (κ3) is 1.45. The molecule has 20 heavy (non-hydrogen) atoms. The van der Waals surface area contributed by atoms with Crippen LogP contribution in [0.25, 0.3) is 0 Å². The number of carbonyl (C=O) groups is 2. The van der Waals surface area contributed by atoms with Gasteiger partial charge in [-0.05, 0) is 37.0 Å². The van der Waals surface area contributed by atoms with E-state index in [1.807, 2.05) is 24.3 Å². The molecule has 104 valence electrons. The van der Waals surface area contributed by atoms with Crippen LogP contribution in [0.5, 0.6) is 0 Å². The van der Waals surface area contributed by atoms with Crippen molar-refractivity contribution in [3.05, 3.63) is 29.8 Å². The first-order valence-corrected chi connectivity index (χ1v) is 7.33. The van der Waals surface area contributed by atoms with E-state index in [9.17, 15) is 9.59 Å². The predicted octanol–water partition coefficient (Wildman–Crippen LogP) is 1.92. The van der Waals surface area contributed by atoms with E-state index in [0.717, 1.165) is 19.3 Å². The Hall–Kier alpha value is -1.68. The van der Waals surface area contributed by atoms with Gasteiger partial charge in [0.2, 0.25) is 11.8 Å². The first-order chi connectivity index (χ1) is 9.70. The maximum atomic E-state index is 12.6. The van der Waals surface area contributed by atoms with Crippen molar-refractivity contribution in [2.45, 2.75) is 38.4 Å². The van der Waals surface area contributed by atoms with Gasteiger partial charge in [0.15, 0.2) is 0 Å². The van der Waals surface area contributed by atoms with Crippen molar-refractivity contribution in [1.82, 2.24) is 0 Å². The van der Waals surface area contributed by atoms with Crippen LogP contribution in [0.4, 0.5) is 5.69 Å². The summed E-state index contributed by atoms with van der Waals surface area (Å²) in [6.07, 6.45) is 2.69. The number of benzene rings is 1. The van der Waals surface area contributed by atoms with Crippen molar-refractivity contribution in [2.75, 3.05) is 4.90 Å². The van der Waals surface area contributed by atoms with Crippen LogP contribution < -0.4 is 4.90 Å². The molecule has 3 heterocycles. The van der Waals surface area contributed by atoms with Crippen LogP contribution in [0.1, 0.15) is 25.3 Å². The Morgan fingerprint density at radius 3 is 2.10 bits per heavy atom. The predicted molar refractivity (Wildman–Crippen MR) is 73.2 cm³/mol. The van der Waals surface area contributed by atoms with Gasteiger partial charge in [0.05, 0.1) is 29.7 Å². The number of nitrogens with zero attached hydrogens (tertiary/aromatic N) is 1. The van der Waals surface area contributed by atoms with E-state index in [0.29, 0.717) is 5.69 Å². The molecule has 1 aromatic carbocycles. The summed E-state index contributed by atoms with van der Waals surface area (Å²) in [6.45, 7) is 2.08. The van der Waals surface area contributed by atoms with Crippen molar-refractivity contribution in [1.29, 1.82) is 0 Å². The fourth-order valence-corrected chi connectivity index (χ4v) is 3.85. The summed E-state index contributed by atoms with van der Waals surface area (Å²) in [5.41, 5.74) is 1.91. The minimum absolute atomic E-state index is 0.0404. The molecule has 1 aromatic rings. The lowest BCUT2D eigenvalue weighted by Crippen LogP contribution is -2.34. The molecule has 3 aliphatic rings. The molecule has 4 rings (SSSR count). The average molecular weight is 271 g/mol. The Morgan fingerprint density at radius 2 is 1.60 bits per heavy atom. The molecule has 3 aliphatic heterocycles. The number of aryl methyl sites for hydroxylation is 1. The highest BCUT2D eigenvalue weighted by atomic mass is 16.5. The molecular formula is C16H17NO3. The van der Waals surface area contributed by atoms with Crippen LogP contribution >= 0.6 is 0 Å². The summed E-state index contributed by atoms with van der Waals surface area (Å²) < 4.78 is 5.73. The van der Waals surface area contributed by atoms with Gasteiger partial charge < -0.3 is 4.74 Å². The average Bonchev–Trinajstić information content (AvgIpc) is 3.14. The zero-order valence-corrected chi connectivity index (χ0v) is 11.4. The summed E-state index contributed by atoms with van der Waals surface area (Å²) in [5.74, 6) is -0.632. The zero-order valence-electron chi connectivity index (χ0n) is 11.4. The molecule has 0 aromatic heterocycles. The fourth-order valence-electron chi connectivity index (χ4n) is 3.85. The SMILES string of the molecule is CCc1ccc(N2C(=O)[C@@H]3[C@@H](C2=O)[C@H]2CC[C@H]3O2)cc1. The number of hydrogen-bond acceptors (Lipinski definition) is 3. The second-order valence-electron chi connectivity index (χ2n) is 5.87. The number of ether oxygens (including phenoxy) is 1. The van der Waals surface area contributed by atoms with Crippen LogP contribution in [-0.2, 0) is 20.7 Å². The van der Waals surface area contributed by atoms with E-state index in [2.05, 4.69) is 6.92 Å². The van der Waals surface area contributed by atoms with Gasteiger partial charge >= 0.3 is 0 Å². The molecule has 0 N–H and O–H groups in total. The molecule has 3 saturated heterocycles. The smallest absolute Gasteiger partial charge is 0.240 e. The molecule has 0 radical (unpaired) electrons. The van der Waals surface area contributed by atoms with Gasteiger partial charge in [-0.1, -0.05) is 19.1 Å². The van der Waals surface area contributed by atoms with E-state index in [-0.39, 0.29) is 35.9 Å². The minimum atomic E-state index is -0.243. The molecular weight excluding hydrogens is 254 g/mol. The summed E-state index contributed by atoms with van der Waals surface area (Å²) >= 11 is 0. The number of amides is 2. The zero-order chi connectivity index (χ0) is 13.9. The van der Waals surface area contributed by atoms with E-state index < -0.39 is 0 Å². The highest BCUT2D eigenvalue weighted by Gasteiger charge is 2.62. The number of fused-ring (bicyclic) bond motifs is 5. The number of rotatable bonds is 2. The first kappa shape index (κ1) is 12.1. The van der Waals surface area contributed by atoms with E-state index in [1.165, 1.54) is 10.5 Å².